The summed E-state index contributed by atoms with van der Waals surface area (Å²) in [6.07, 6.45) is 3.18. The molecule has 0 radical (unpaired) electrons. The van der Waals surface area contributed by atoms with E-state index in [1.54, 1.807) is 35.2 Å². The number of halogens is 2. The van der Waals surface area contributed by atoms with Crippen LogP contribution in [-0.4, -0.2) is 48.7 Å². The summed E-state index contributed by atoms with van der Waals surface area (Å²) >= 11 is 6.28. The highest BCUT2D eigenvalue weighted by Crippen LogP contribution is 2.33. The van der Waals surface area contributed by atoms with E-state index in [1.165, 1.54) is 24.4 Å². The molecule has 2 aromatic carbocycles. The van der Waals surface area contributed by atoms with E-state index < -0.39 is 21.9 Å². The predicted octanol–water partition coefficient (Wildman–Crippen LogP) is 4.35. The van der Waals surface area contributed by atoms with Crippen molar-refractivity contribution in [1.82, 2.24) is 14.9 Å². The number of urea groups is 1. The summed E-state index contributed by atoms with van der Waals surface area (Å²) in [5.74, 6) is -0.582. The molecule has 4 rings (SSSR count). The molecular weight excluding hydrogens is 471 g/mol. The third-order valence-electron chi connectivity index (χ3n) is 4.82. The van der Waals surface area contributed by atoms with E-state index in [0.717, 1.165) is 17.6 Å². The number of carbonyl (C=O) groups excluding carboxylic acids is 1. The Morgan fingerprint density at radius 2 is 1.79 bits per heavy atom. The van der Waals surface area contributed by atoms with E-state index in [2.05, 4.69) is 20.0 Å². The van der Waals surface area contributed by atoms with Crippen molar-refractivity contribution in [3.8, 4) is 0 Å². The fraction of sp³-hybridized carbons (Fsp3) is 0.190. The standard InChI is InChI=1S/C21H20ClFN6O3S/c1-33(31,32)27-17-9-4-3-8-16(17)25-19-14(22)13-24-20(26-19)29(21(30)28-11-6-12-28)18-10-5-2-7-15(18)23/h2-5,7-10,13,27H,6,11-12H2,1H3,(H,24,25,26). The van der Waals surface area contributed by atoms with Crippen molar-refractivity contribution in [2.45, 2.75) is 6.42 Å². The molecule has 1 aliphatic heterocycles. The summed E-state index contributed by atoms with van der Waals surface area (Å²) in [5, 5.41) is 3.09. The van der Waals surface area contributed by atoms with E-state index in [0.29, 0.717) is 18.8 Å². The van der Waals surface area contributed by atoms with Gasteiger partial charge >= 0.3 is 6.03 Å². The van der Waals surface area contributed by atoms with Crippen LogP contribution < -0.4 is 14.9 Å². The molecule has 0 saturated carbocycles. The van der Waals surface area contributed by atoms with Gasteiger partial charge in [0.25, 0.3) is 0 Å². The number of anilines is 5. The molecule has 2 amide bonds. The number of aromatic nitrogens is 2. The van der Waals surface area contributed by atoms with Gasteiger partial charge < -0.3 is 10.2 Å². The molecule has 172 valence electrons. The highest BCUT2D eigenvalue weighted by atomic mass is 35.5. The van der Waals surface area contributed by atoms with Gasteiger partial charge in [-0.15, -0.1) is 0 Å². The number of nitrogens with one attached hydrogen (secondary N) is 2. The molecule has 0 atom stereocenters. The van der Waals surface area contributed by atoms with Crippen LogP contribution in [0.2, 0.25) is 5.02 Å². The third-order valence-corrected chi connectivity index (χ3v) is 5.69. The van der Waals surface area contributed by atoms with E-state index in [-0.39, 0.29) is 28.2 Å². The largest absolute Gasteiger partial charge is 0.337 e. The van der Waals surface area contributed by atoms with Crippen molar-refractivity contribution in [3.05, 3.63) is 65.6 Å². The van der Waals surface area contributed by atoms with Gasteiger partial charge in [-0.05, 0) is 30.7 Å². The van der Waals surface area contributed by atoms with Gasteiger partial charge in [0.15, 0.2) is 5.82 Å². The second-order valence-corrected chi connectivity index (χ2v) is 9.48. The summed E-state index contributed by atoms with van der Waals surface area (Å²) < 4.78 is 40.4. The normalized spacial score (nSPS) is 13.2. The molecule has 1 fully saturated rings. The summed E-state index contributed by atoms with van der Waals surface area (Å²) in [4.78, 5) is 24.3. The molecular formula is C21H20ClFN6O3S. The number of benzene rings is 2. The van der Waals surface area contributed by atoms with Gasteiger partial charge in [-0.3, -0.25) is 4.72 Å². The van der Waals surface area contributed by atoms with Crippen molar-refractivity contribution in [3.63, 3.8) is 0 Å². The zero-order valence-corrected chi connectivity index (χ0v) is 19.1. The Morgan fingerprint density at radius 1 is 1.12 bits per heavy atom. The van der Waals surface area contributed by atoms with Crippen LogP contribution in [-0.2, 0) is 10.0 Å². The van der Waals surface area contributed by atoms with Crippen LogP contribution in [0.3, 0.4) is 0 Å². The average molecular weight is 491 g/mol. The molecule has 1 aromatic heterocycles. The van der Waals surface area contributed by atoms with Crippen LogP contribution in [0, 0.1) is 5.82 Å². The molecule has 0 unspecified atom stereocenters. The first-order valence-electron chi connectivity index (χ1n) is 9.93. The molecule has 1 aliphatic rings. The van der Waals surface area contributed by atoms with Crippen molar-refractivity contribution in [2.75, 3.05) is 34.3 Å². The van der Waals surface area contributed by atoms with Gasteiger partial charge in [0.05, 0.1) is 29.5 Å². The van der Waals surface area contributed by atoms with Gasteiger partial charge in [0.2, 0.25) is 16.0 Å². The summed E-state index contributed by atoms with van der Waals surface area (Å²) in [6, 6.07) is 11.9. The molecule has 0 bridgehead atoms. The molecule has 1 saturated heterocycles. The van der Waals surface area contributed by atoms with Gasteiger partial charge in [-0.25, -0.2) is 27.5 Å². The number of para-hydroxylation sites is 3. The van der Waals surface area contributed by atoms with Crippen molar-refractivity contribution < 1.29 is 17.6 Å². The number of rotatable bonds is 6. The number of carbonyl (C=O) groups is 1. The summed E-state index contributed by atoms with van der Waals surface area (Å²) in [6.45, 7) is 1.10. The first-order valence-corrected chi connectivity index (χ1v) is 12.2. The van der Waals surface area contributed by atoms with Crippen molar-refractivity contribution in [1.29, 1.82) is 0 Å². The zero-order chi connectivity index (χ0) is 23.6. The number of likely N-dealkylation sites (tertiary alicyclic amines) is 1. The Labute approximate surface area is 195 Å². The summed E-state index contributed by atoms with van der Waals surface area (Å²) in [5.41, 5.74) is 0.654. The van der Waals surface area contributed by atoms with E-state index in [9.17, 15) is 17.6 Å². The number of sulfonamides is 1. The van der Waals surface area contributed by atoms with Gasteiger partial charge in [0, 0.05) is 13.1 Å². The van der Waals surface area contributed by atoms with Crippen LogP contribution in [0.4, 0.5) is 38.0 Å². The highest BCUT2D eigenvalue weighted by molar-refractivity contribution is 7.92. The number of amides is 2. The third kappa shape index (κ3) is 5.15. The number of hydrogen-bond acceptors (Lipinski definition) is 6. The Balaban J connectivity index is 1.74. The average Bonchev–Trinajstić information content (AvgIpc) is 2.71. The maximum absolute atomic E-state index is 14.6. The van der Waals surface area contributed by atoms with Crippen LogP contribution in [0.25, 0.3) is 0 Å². The molecule has 12 heteroatoms. The van der Waals surface area contributed by atoms with Crippen molar-refractivity contribution in [2.24, 2.45) is 0 Å². The van der Waals surface area contributed by atoms with Gasteiger partial charge in [-0.1, -0.05) is 35.9 Å². The highest BCUT2D eigenvalue weighted by Gasteiger charge is 2.31. The molecule has 3 aromatic rings. The first-order chi connectivity index (χ1) is 15.7. The SMILES string of the molecule is CS(=O)(=O)Nc1ccccc1Nc1nc(N(C(=O)N2CCC2)c2ccccc2F)ncc1Cl. The molecule has 2 heterocycles. The molecule has 33 heavy (non-hydrogen) atoms. The fourth-order valence-corrected chi connectivity index (χ4v) is 3.86. The van der Waals surface area contributed by atoms with Gasteiger partial charge in [0.1, 0.15) is 10.8 Å². The Bertz CT molecular complexity index is 1300. The lowest BCUT2D eigenvalue weighted by atomic mass is 10.2. The van der Waals surface area contributed by atoms with Gasteiger partial charge in [-0.2, -0.15) is 4.98 Å². The molecule has 0 aliphatic carbocycles. The quantitative estimate of drug-likeness (QED) is 0.532. The topological polar surface area (TPSA) is 108 Å². The minimum absolute atomic E-state index is 0.00168. The Morgan fingerprint density at radius 3 is 2.42 bits per heavy atom. The minimum Gasteiger partial charge on any atom is -0.337 e. The monoisotopic (exact) mass is 490 g/mol. The lowest BCUT2D eigenvalue weighted by Crippen LogP contribution is -2.48. The number of hydrogen-bond donors (Lipinski definition) is 2. The van der Waals surface area contributed by atoms with Crippen LogP contribution in [0.5, 0.6) is 0 Å². The van der Waals surface area contributed by atoms with Crippen molar-refractivity contribution >= 4 is 56.5 Å². The second kappa shape index (κ2) is 9.20. The molecule has 9 nitrogen and oxygen atoms in total. The Kier molecular flexibility index (Phi) is 6.34. The van der Waals surface area contributed by atoms with E-state index in [4.69, 9.17) is 11.6 Å². The lowest BCUT2D eigenvalue weighted by Gasteiger charge is -2.35. The van der Waals surface area contributed by atoms with Crippen LogP contribution >= 0.6 is 11.6 Å². The number of nitrogens with zero attached hydrogens (tertiary/aromatic N) is 4. The predicted molar refractivity (Wildman–Crippen MR) is 125 cm³/mol. The lowest BCUT2D eigenvalue weighted by molar-refractivity contribution is 0.176. The first kappa shape index (κ1) is 22.7. The maximum atomic E-state index is 14.6. The second-order valence-electron chi connectivity index (χ2n) is 7.32. The smallest absolute Gasteiger partial charge is 0.331 e. The van der Waals surface area contributed by atoms with E-state index in [1.807, 2.05) is 0 Å². The Hall–Kier alpha value is -3.44. The summed E-state index contributed by atoms with van der Waals surface area (Å²) in [7, 11) is -3.54. The van der Waals surface area contributed by atoms with E-state index >= 15 is 0 Å². The molecule has 0 spiro atoms. The van der Waals surface area contributed by atoms with Crippen LogP contribution in [0.1, 0.15) is 6.42 Å². The molecule has 2 N–H and O–H groups in total. The maximum Gasteiger partial charge on any atom is 0.331 e. The fourth-order valence-electron chi connectivity index (χ4n) is 3.14. The zero-order valence-electron chi connectivity index (χ0n) is 17.5. The van der Waals surface area contributed by atoms with Crippen LogP contribution in [0.15, 0.2) is 54.7 Å². The minimum atomic E-state index is -3.54.